The van der Waals surface area contributed by atoms with Crippen LogP contribution in [-0.4, -0.2) is 10.2 Å². The Labute approximate surface area is 109 Å². The van der Waals surface area contributed by atoms with Crippen LogP contribution in [-0.2, 0) is 6.54 Å². The summed E-state index contributed by atoms with van der Waals surface area (Å²) in [5.74, 6) is 1.21. The lowest BCUT2D eigenvalue weighted by molar-refractivity contribution is 0.430. The predicted octanol–water partition coefficient (Wildman–Crippen LogP) is 2.99. The molecule has 4 nitrogen and oxygen atoms in total. The molecule has 0 unspecified atom stereocenters. The molecule has 0 aliphatic carbocycles. The molecule has 0 saturated heterocycles. The SMILES string of the molecule is Cc1nnc(CN[C@@H](C)c2ccccc2Br)o1. The first-order chi connectivity index (χ1) is 8.16. The molecule has 1 atom stereocenters. The third-order valence-electron chi connectivity index (χ3n) is 2.50. The Kier molecular flexibility index (Phi) is 3.91. The molecule has 1 aromatic carbocycles. The van der Waals surface area contributed by atoms with Gasteiger partial charge in [-0.2, -0.15) is 0 Å². The van der Waals surface area contributed by atoms with Gasteiger partial charge in [0.2, 0.25) is 11.8 Å². The van der Waals surface area contributed by atoms with Gasteiger partial charge in [-0.3, -0.25) is 0 Å². The van der Waals surface area contributed by atoms with Crippen molar-refractivity contribution < 1.29 is 4.42 Å². The standard InChI is InChI=1S/C12H14BrN3O/c1-8(10-5-3-4-6-11(10)13)14-7-12-16-15-9(2)17-12/h3-6,8,14H,7H2,1-2H3/t8-/m0/s1. The van der Waals surface area contributed by atoms with Crippen molar-refractivity contribution in [1.29, 1.82) is 0 Å². The largest absolute Gasteiger partial charge is 0.424 e. The normalized spacial score (nSPS) is 12.6. The highest BCUT2D eigenvalue weighted by molar-refractivity contribution is 9.10. The summed E-state index contributed by atoms with van der Waals surface area (Å²) in [6, 6.07) is 8.36. The van der Waals surface area contributed by atoms with Gasteiger partial charge in [-0.25, -0.2) is 0 Å². The molecule has 0 fully saturated rings. The van der Waals surface area contributed by atoms with Crippen molar-refractivity contribution in [2.24, 2.45) is 0 Å². The third kappa shape index (κ3) is 3.14. The monoisotopic (exact) mass is 295 g/mol. The first kappa shape index (κ1) is 12.3. The minimum absolute atomic E-state index is 0.220. The average Bonchev–Trinajstić information content (AvgIpc) is 2.73. The fourth-order valence-electron chi connectivity index (χ4n) is 1.59. The molecule has 2 aromatic rings. The second-order valence-corrected chi connectivity index (χ2v) is 4.69. The number of aryl methyl sites for hydroxylation is 1. The quantitative estimate of drug-likeness (QED) is 0.942. The molecule has 17 heavy (non-hydrogen) atoms. The van der Waals surface area contributed by atoms with Crippen LogP contribution in [0.25, 0.3) is 0 Å². The lowest BCUT2D eigenvalue weighted by Gasteiger charge is -2.14. The lowest BCUT2D eigenvalue weighted by Crippen LogP contribution is -2.18. The molecule has 2 rings (SSSR count). The van der Waals surface area contributed by atoms with Crippen molar-refractivity contribution in [3.8, 4) is 0 Å². The minimum atomic E-state index is 0.220. The number of hydrogen-bond acceptors (Lipinski definition) is 4. The Morgan fingerprint density at radius 3 is 2.76 bits per heavy atom. The topological polar surface area (TPSA) is 51.0 Å². The Hall–Kier alpha value is -1.20. The van der Waals surface area contributed by atoms with Crippen LogP contribution >= 0.6 is 15.9 Å². The highest BCUT2D eigenvalue weighted by Gasteiger charge is 2.09. The van der Waals surface area contributed by atoms with E-state index in [0.29, 0.717) is 18.3 Å². The molecule has 90 valence electrons. The average molecular weight is 296 g/mol. The van der Waals surface area contributed by atoms with Gasteiger partial charge in [-0.05, 0) is 18.6 Å². The number of rotatable bonds is 4. The highest BCUT2D eigenvalue weighted by atomic mass is 79.9. The van der Waals surface area contributed by atoms with Gasteiger partial charge in [-0.1, -0.05) is 34.1 Å². The Bertz CT molecular complexity index is 498. The van der Waals surface area contributed by atoms with Crippen LogP contribution in [0.4, 0.5) is 0 Å². The molecule has 0 bridgehead atoms. The van der Waals surface area contributed by atoms with Crippen molar-refractivity contribution >= 4 is 15.9 Å². The van der Waals surface area contributed by atoms with Crippen LogP contribution < -0.4 is 5.32 Å². The van der Waals surface area contributed by atoms with Crippen molar-refractivity contribution in [1.82, 2.24) is 15.5 Å². The summed E-state index contributed by atoms with van der Waals surface area (Å²) in [7, 11) is 0. The molecular formula is C12H14BrN3O. The second-order valence-electron chi connectivity index (χ2n) is 3.84. The fourth-order valence-corrected chi connectivity index (χ4v) is 2.21. The van der Waals surface area contributed by atoms with Gasteiger partial charge in [0.05, 0.1) is 6.54 Å². The van der Waals surface area contributed by atoms with Crippen LogP contribution in [0.2, 0.25) is 0 Å². The van der Waals surface area contributed by atoms with Crippen LogP contribution in [0.3, 0.4) is 0 Å². The molecule has 0 radical (unpaired) electrons. The van der Waals surface area contributed by atoms with E-state index in [1.165, 1.54) is 5.56 Å². The zero-order valence-corrected chi connectivity index (χ0v) is 11.4. The number of hydrogen-bond donors (Lipinski definition) is 1. The van der Waals surface area contributed by atoms with Gasteiger partial charge in [0.1, 0.15) is 0 Å². The summed E-state index contributed by atoms with van der Waals surface area (Å²) in [5, 5.41) is 11.1. The van der Waals surface area contributed by atoms with Crippen molar-refractivity contribution in [2.45, 2.75) is 26.4 Å². The van der Waals surface area contributed by atoms with Gasteiger partial charge in [0, 0.05) is 17.4 Å². The molecule has 0 aliphatic rings. The van der Waals surface area contributed by atoms with Gasteiger partial charge in [-0.15, -0.1) is 10.2 Å². The van der Waals surface area contributed by atoms with Gasteiger partial charge < -0.3 is 9.73 Å². The second kappa shape index (κ2) is 5.42. The first-order valence-electron chi connectivity index (χ1n) is 5.43. The number of aromatic nitrogens is 2. The first-order valence-corrected chi connectivity index (χ1v) is 6.23. The van der Waals surface area contributed by atoms with Crippen LogP contribution in [0.1, 0.15) is 30.3 Å². The van der Waals surface area contributed by atoms with Crippen molar-refractivity contribution in [2.75, 3.05) is 0 Å². The zero-order chi connectivity index (χ0) is 12.3. The lowest BCUT2D eigenvalue weighted by atomic mass is 10.1. The smallest absolute Gasteiger partial charge is 0.230 e. The molecule has 5 heteroatoms. The van der Waals surface area contributed by atoms with E-state index in [9.17, 15) is 0 Å². The van der Waals surface area contributed by atoms with Gasteiger partial charge in [0.25, 0.3) is 0 Å². The highest BCUT2D eigenvalue weighted by Crippen LogP contribution is 2.22. The Morgan fingerprint density at radius 1 is 1.35 bits per heavy atom. The fraction of sp³-hybridized carbons (Fsp3) is 0.333. The van der Waals surface area contributed by atoms with E-state index in [1.54, 1.807) is 6.92 Å². The van der Waals surface area contributed by atoms with Gasteiger partial charge >= 0.3 is 0 Å². The van der Waals surface area contributed by atoms with E-state index in [4.69, 9.17) is 4.42 Å². The zero-order valence-electron chi connectivity index (χ0n) is 9.77. The van der Waals surface area contributed by atoms with E-state index in [0.717, 1.165) is 4.47 Å². The summed E-state index contributed by atoms with van der Waals surface area (Å²) in [5.41, 5.74) is 1.21. The summed E-state index contributed by atoms with van der Waals surface area (Å²) in [6.45, 7) is 4.46. The van der Waals surface area contributed by atoms with Crippen LogP contribution in [0.15, 0.2) is 33.2 Å². The number of nitrogens with zero attached hydrogens (tertiary/aromatic N) is 2. The summed E-state index contributed by atoms with van der Waals surface area (Å²) < 4.78 is 6.40. The maximum absolute atomic E-state index is 5.30. The van der Waals surface area contributed by atoms with E-state index in [1.807, 2.05) is 18.2 Å². The molecule has 1 N–H and O–H groups in total. The van der Waals surface area contributed by atoms with Crippen LogP contribution in [0.5, 0.6) is 0 Å². The summed E-state index contributed by atoms with van der Waals surface area (Å²) in [4.78, 5) is 0. The Balaban J connectivity index is 1.98. The van der Waals surface area contributed by atoms with Gasteiger partial charge in [0.15, 0.2) is 0 Å². The predicted molar refractivity (Wildman–Crippen MR) is 68.4 cm³/mol. The van der Waals surface area contributed by atoms with E-state index in [-0.39, 0.29) is 6.04 Å². The third-order valence-corrected chi connectivity index (χ3v) is 3.22. The molecule has 1 heterocycles. The van der Waals surface area contributed by atoms with Crippen LogP contribution in [0, 0.1) is 6.92 Å². The summed E-state index contributed by atoms with van der Waals surface area (Å²) in [6.07, 6.45) is 0. The Morgan fingerprint density at radius 2 is 2.12 bits per heavy atom. The maximum Gasteiger partial charge on any atom is 0.230 e. The minimum Gasteiger partial charge on any atom is -0.424 e. The molecule has 1 aromatic heterocycles. The molecule has 0 aliphatic heterocycles. The van der Waals surface area contributed by atoms with Crippen molar-refractivity contribution in [3.63, 3.8) is 0 Å². The molecular weight excluding hydrogens is 282 g/mol. The number of halogens is 1. The molecule has 0 saturated carbocycles. The van der Waals surface area contributed by atoms with E-state index >= 15 is 0 Å². The van der Waals surface area contributed by atoms with E-state index < -0.39 is 0 Å². The number of nitrogens with one attached hydrogen (secondary N) is 1. The molecule has 0 spiro atoms. The van der Waals surface area contributed by atoms with E-state index in [2.05, 4.69) is 44.4 Å². The maximum atomic E-state index is 5.30. The summed E-state index contributed by atoms with van der Waals surface area (Å²) >= 11 is 3.54. The molecule has 0 amide bonds. The van der Waals surface area contributed by atoms with Crippen molar-refractivity contribution in [3.05, 3.63) is 46.1 Å². The number of benzene rings is 1.